The van der Waals surface area contributed by atoms with Crippen LogP contribution in [0.3, 0.4) is 0 Å². The van der Waals surface area contributed by atoms with Gasteiger partial charge in [-0.15, -0.1) is 0 Å². The van der Waals surface area contributed by atoms with E-state index in [1.54, 1.807) is 4.90 Å². The predicted octanol–water partition coefficient (Wildman–Crippen LogP) is 1.14. The van der Waals surface area contributed by atoms with Gasteiger partial charge < -0.3 is 19.1 Å². The van der Waals surface area contributed by atoms with Crippen LogP contribution >= 0.6 is 0 Å². The van der Waals surface area contributed by atoms with Gasteiger partial charge >= 0.3 is 0 Å². The third kappa shape index (κ3) is 3.88. The van der Waals surface area contributed by atoms with Crippen LogP contribution in [0.5, 0.6) is 5.75 Å². The number of nitrogens with zero attached hydrogens (tertiary/aromatic N) is 2. The van der Waals surface area contributed by atoms with Crippen molar-refractivity contribution >= 4 is 5.91 Å². The smallest absolute Gasteiger partial charge is 0.248 e. The molecule has 1 aromatic carbocycles. The first kappa shape index (κ1) is 17.2. The van der Waals surface area contributed by atoms with E-state index in [2.05, 4.69) is 11.0 Å². The summed E-state index contributed by atoms with van der Waals surface area (Å²) >= 11 is 0. The Hall–Kier alpha value is -1.63. The van der Waals surface area contributed by atoms with Gasteiger partial charge in [-0.05, 0) is 13.0 Å². The lowest BCUT2D eigenvalue weighted by molar-refractivity contribution is -0.143. The van der Waals surface area contributed by atoms with E-state index in [0.717, 1.165) is 25.4 Å². The molecule has 2 saturated heterocycles. The number of rotatable bonds is 4. The number of carbonyl (C=O) groups excluding carboxylic acids is 1. The minimum Gasteiger partial charge on any atom is -0.494 e. The van der Waals surface area contributed by atoms with Gasteiger partial charge in [-0.25, -0.2) is 0 Å². The van der Waals surface area contributed by atoms with Crippen LogP contribution in [-0.4, -0.2) is 74.4 Å². The number of likely N-dealkylation sites (N-methyl/N-ethyl adjacent to an activating group) is 1. The summed E-state index contributed by atoms with van der Waals surface area (Å²) in [5.74, 6) is 0.944. The zero-order valence-electron chi connectivity index (χ0n) is 14.5. The van der Waals surface area contributed by atoms with Crippen molar-refractivity contribution in [3.8, 4) is 5.75 Å². The van der Waals surface area contributed by atoms with Crippen LogP contribution in [0.1, 0.15) is 12.5 Å². The maximum atomic E-state index is 11.8. The molecule has 0 saturated carbocycles. The lowest BCUT2D eigenvalue weighted by Gasteiger charge is -2.43. The maximum Gasteiger partial charge on any atom is 0.248 e. The summed E-state index contributed by atoms with van der Waals surface area (Å²) in [4.78, 5) is 15.9. The Morgan fingerprint density at radius 1 is 1.29 bits per heavy atom. The highest BCUT2D eigenvalue weighted by Crippen LogP contribution is 2.26. The molecule has 0 aromatic heterocycles. The minimum atomic E-state index is -0.445. The van der Waals surface area contributed by atoms with Crippen molar-refractivity contribution in [2.45, 2.75) is 19.1 Å². The summed E-state index contributed by atoms with van der Waals surface area (Å²) in [7, 11) is 1.81. The molecule has 6 heteroatoms. The van der Waals surface area contributed by atoms with E-state index in [9.17, 15) is 4.79 Å². The third-order valence-electron chi connectivity index (χ3n) is 4.54. The molecule has 1 spiro atoms. The van der Waals surface area contributed by atoms with Crippen molar-refractivity contribution in [1.82, 2.24) is 9.80 Å². The summed E-state index contributed by atoms with van der Waals surface area (Å²) in [6.45, 7) is 6.85. The number of benzene rings is 1. The van der Waals surface area contributed by atoms with Gasteiger partial charge in [0, 0.05) is 32.2 Å². The second-order valence-electron chi connectivity index (χ2n) is 6.53. The van der Waals surface area contributed by atoms with E-state index in [1.807, 2.05) is 32.2 Å². The predicted molar refractivity (Wildman–Crippen MR) is 90.0 cm³/mol. The number of hydrogen-bond donors (Lipinski definition) is 0. The molecule has 132 valence electrons. The molecule has 1 unspecified atom stereocenters. The number of para-hydroxylation sites is 1. The van der Waals surface area contributed by atoms with Gasteiger partial charge in [0.15, 0.2) is 0 Å². The molecule has 2 aliphatic rings. The summed E-state index contributed by atoms with van der Waals surface area (Å²) in [6.07, 6.45) is 0. The second kappa shape index (κ2) is 7.51. The van der Waals surface area contributed by atoms with Crippen LogP contribution in [0.25, 0.3) is 0 Å². The molecule has 0 bridgehead atoms. The SMILES string of the molecule is CCOc1ccccc1CN1CCOC2(COCC(=O)N(C)C2)C1. The summed E-state index contributed by atoms with van der Waals surface area (Å²) in [6, 6.07) is 8.15. The van der Waals surface area contributed by atoms with Gasteiger partial charge in [-0.1, -0.05) is 18.2 Å². The molecule has 0 N–H and O–H groups in total. The number of morpholine rings is 1. The Kier molecular flexibility index (Phi) is 5.38. The molecule has 0 aliphatic carbocycles. The molecular formula is C18H26N2O4. The van der Waals surface area contributed by atoms with Crippen LogP contribution in [0, 0.1) is 0 Å². The summed E-state index contributed by atoms with van der Waals surface area (Å²) in [5.41, 5.74) is 0.732. The van der Waals surface area contributed by atoms with Gasteiger partial charge in [0.2, 0.25) is 5.91 Å². The van der Waals surface area contributed by atoms with Crippen LogP contribution in [-0.2, 0) is 20.8 Å². The largest absolute Gasteiger partial charge is 0.494 e. The molecule has 24 heavy (non-hydrogen) atoms. The fourth-order valence-corrected chi connectivity index (χ4v) is 3.41. The number of carbonyl (C=O) groups is 1. The van der Waals surface area contributed by atoms with E-state index in [4.69, 9.17) is 14.2 Å². The quantitative estimate of drug-likeness (QED) is 0.827. The van der Waals surface area contributed by atoms with Crippen molar-refractivity contribution < 1.29 is 19.0 Å². The Morgan fingerprint density at radius 3 is 2.96 bits per heavy atom. The molecule has 2 fully saturated rings. The van der Waals surface area contributed by atoms with Crippen molar-refractivity contribution in [2.75, 3.05) is 53.1 Å². The molecule has 1 atom stereocenters. The second-order valence-corrected chi connectivity index (χ2v) is 6.53. The Labute approximate surface area is 143 Å². The number of hydrogen-bond acceptors (Lipinski definition) is 5. The van der Waals surface area contributed by atoms with E-state index < -0.39 is 5.60 Å². The van der Waals surface area contributed by atoms with E-state index >= 15 is 0 Å². The van der Waals surface area contributed by atoms with Crippen LogP contribution in [0.2, 0.25) is 0 Å². The molecule has 1 aromatic rings. The van der Waals surface area contributed by atoms with Crippen molar-refractivity contribution in [3.63, 3.8) is 0 Å². The van der Waals surface area contributed by atoms with E-state index in [0.29, 0.717) is 26.4 Å². The third-order valence-corrected chi connectivity index (χ3v) is 4.54. The summed E-state index contributed by atoms with van der Waals surface area (Å²) < 4.78 is 17.4. The fourth-order valence-electron chi connectivity index (χ4n) is 3.41. The lowest BCUT2D eigenvalue weighted by Crippen LogP contribution is -2.58. The average Bonchev–Trinajstić information content (AvgIpc) is 2.69. The first-order valence-electron chi connectivity index (χ1n) is 8.51. The molecule has 3 rings (SSSR count). The van der Waals surface area contributed by atoms with Gasteiger partial charge in [-0.2, -0.15) is 0 Å². The van der Waals surface area contributed by atoms with Crippen molar-refractivity contribution in [2.24, 2.45) is 0 Å². The normalized spacial score (nSPS) is 25.8. The monoisotopic (exact) mass is 334 g/mol. The molecule has 2 heterocycles. The first-order valence-corrected chi connectivity index (χ1v) is 8.51. The van der Waals surface area contributed by atoms with Crippen LogP contribution < -0.4 is 4.74 Å². The Morgan fingerprint density at radius 2 is 2.12 bits per heavy atom. The highest BCUT2D eigenvalue weighted by atomic mass is 16.5. The maximum absolute atomic E-state index is 11.8. The van der Waals surface area contributed by atoms with Gasteiger partial charge in [0.25, 0.3) is 0 Å². The molecule has 2 aliphatic heterocycles. The molecular weight excluding hydrogens is 308 g/mol. The lowest BCUT2D eigenvalue weighted by atomic mass is 10.0. The van der Waals surface area contributed by atoms with E-state index in [1.165, 1.54) is 5.56 Å². The average molecular weight is 334 g/mol. The standard InChI is InChI=1S/C18H26N2O4/c1-3-23-16-7-5-4-6-15(16)10-20-8-9-24-18(13-20)12-19(2)17(21)11-22-14-18/h4-7H,3,8-14H2,1-2H3. The minimum absolute atomic E-state index is 0.00860. The Balaban J connectivity index is 1.71. The zero-order chi connectivity index (χ0) is 17.0. The van der Waals surface area contributed by atoms with Crippen LogP contribution in [0.15, 0.2) is 24.3 Å². The first-order chi connectivity index (χ1) is 11.6. The highest BCUT2D eigenvalue weighted by molar-refractivity contribution is 5.77. The van der Waals surface area contributed by atoms with E-state index in [-0.39, 0.29) is 12.5 Å². The topological polar surface area (TPSA) is 51.2 Å². The number of amides is 1. The van der Waals surface area contributed by atoms with Crippen molar-refractivity contribution in [1.29, 1.82) is 0 Å². The van der Waals surface area contributed by atoms with Crippen LogP contribution in [0.4, 0.5) is 0 Å². The zero-order valence-corrected chi connectivity index (χ0v) is 14.5. The Bertz CT molecular complexity index is 580. The fraction of sp³-hybridized carbons (Fsp3) is 0.611. The highest BCUT2D eigenvalue weighted by Gasteiger charge is 2.41. The molecule has 0 radical (unpaired) electrons. The van der Waals surface area contributed by atoms with Gasteiger partial charge in [0.05, 0.1) is 26.4 Å². The van der Waals surface area contributed by atoms with Gasteiger partial charge in [0.1, 0.15) is 18.0 Å². The molecule has 1 amide bonds. The van der Waals surface area contributed by atoms with Crippen molar-refractivity contribution in [3.05, 3.63) is 29.8 Å². The summed E-state index contributed by atoms with van der Waals surface area (Å²) in [5, 5.41) is 0. The van der Waals surface area contributed by atoms with Gasteiger partial charge in [-0.3, -0.25) is 9.69 Å². The number of ether oxygens (including phenoxy) is 3. The molecule has 6 nitrogen and oxygen atoms in total.